The van der Waals surface area contributed by atoms with Gasteiger partial charge in [0.2, 0.25) is 5.91 Å². The Bertz CT molecular complexity index is 925. The Morgan fingerprint density at radius 1 is 1.21 bits per heavy atom. The zero-order valence-electron chi connectivity index (χ0n) is 15.9. The summed E-state index contributed by atoms with van der Waals surface area (Å²) in [5.74, 6) is -1.64. The fourth-order valence-electron chi connectivity index (χ4n) is 3.77. The third kappa shape index (κ3) is 4.48. The highest BCUT2D eigenvalue weighted by molar-refractivity contribution is 7.14. The van der Waals surface area contributed by atoms with Crippen LogP contribution in [0.4, 0.5) is 8.78 Å². The lowest BCUT2D eigenvalue weighted by Crippen LogP contribution is -2.40. The van der Waals surface area contributed by atoms with Crippen LogP contribution in [0.2, 0.25) is 0 Å². The van der Waals surface area contributed by atoms with Crippen molar-refractivity contribution in [1.29, 1.82) is 0 Å². The molecule has 0 spiro atoms. The molecule has 1 aliphatic heterocycles. The number of benzene rings is 1. The predicted molar refractivity (Wildman–Crippen MR) is 105 cm³/mol. The van der Waals surface area contributed by atoms with E-state index in [0.717, 1.165) is 22.9 Å². The van der Waals surface area contributed by atoms with Crippen LogP contribution in [0.1, 0.15) is 32.1 Å². The van der Waals surface area contributed by atoms with Crippen LogP contribution in [0.5, 0.6) is 0 Å². The fourth-order valence-corrected chi connectivity index (χ4v) is 4.94. The number of halogens is 2. The van der Waals surface area contributed by atoms with Gasteiger partial charge in [0.25, 0.3) is 5.91 Å². The molecule has 0 unspecified atom stereocenters. The first-order valence-electron chi connectivity index (χ1n) is 9.71. The van der Waals surface area contributed by atoms with E-state index < -0.39 is 11.6 Å². The molecule has 4 rings (SSSR count). The monoisotopic (exact) mass is 420 g/mol. The number of hydrogen-bond acceptors (Lipinski definition) is 4. The molecule has 1 N–H and O–H groups in total. The van der Waals surface area contributed by atoms with E-state index in [1.54, 1.807) is 0 Å². The lowest BCUT2D eigenvalue weighted by atomic mass is 9.87. The summed E-state index contributed by atoms with van der Waals surface area (Å²) in [5.41, 5.74) is 1.30. The summed E-state index contributed by atoms with van der Waals surface area (Å²) in [6.07, 6.45) is 2.01. The van der Waals surface area contributed by atoms with E-state index in [9.17, 15) is 18.4 Å². The Hall–Kier alpha value is -2.32. The highest BCUT2D eigenvalue weighted by Crippen LogP contribution is 2.33. The van der Waals surface area contributed by atoms with Crippen molar-refractivity contribution >= 4 is 23.2 Å². The van der Waals surface area contributed by atoms with Crippen molar-refractivity contribution in [3.63, 3.8) is 0 Å². The molecule has 8 heteroatoms. The SMILES string of the molecule is O=C(NCc1ccc(F)cc1F)[C@@H]1CCc2sc(C(=O)N3CCOCC3)cc2C1. The number of nitrogens with zero attached hydrogens (tertiary/aromatic N) is 1. The highest BCUT2D eigenvalue weighted by atomic mass is 32.1. The molecule has 1 fully saturated rings. The smallest absolute Gasteiger partial charge is 0.264 e. The number of aryl methyl sites for hydroxylation is 1. The van der Waals surface area contributed by atoms with E-state index in [0.29, 0.717) is 44.0 Å². The summed E-state index contributed by atoms with van der Waals surface area (Å²) in [6.45, 7) is 2.36. The maximum atomic E-state index is 13.7. The fraction of sp³-hybridized carbons (Fsp3) is 0.429. The van der Waals surface area contributed by atoms with Crippen molar-refractivity contribution in [2.75, 3.05) is 26.3 Å². The maximum absolute atomic E-state index is 13.7. The van der Waals surface area contributed by atoms with Crippen LogP contribution in [-0.2, 0) is 28.9 Å². The minimum atomic E-state index is -0.666. The molecular weight excluding hydrogens is 398 g/mol. The lowest BCUT2D eigenvalue weighted by molar-refractivity contribution is -0.125. The van der Waals surface area contributed by atoms with E-state index in [2.05, 4.69) is 5.32 Å². The quantitative estimate of drug-likeness (QED) is 0.828. The van der Waals surface area contributed by atoms with Gasteiger partial charge in [-0.2, -0.15) is 0 Å². The number of nitrogens with one attached hydrogen (secondary N) is 1. The van der Waals surface area contributed by atoms with Gasteiger partial charge in [0.15, 0.2) is 0 Å². The number of amides is 2. The van der Waals surface area contributed by atoms with E-state index in [4.69, 9.17) is 4.74 Å². The molecule has 2 aliphatic rings. The number of hydrogen-bond donors (Lipinski definition) is 1. The number of carbonyl (C=O) groups is 2. The van der Waals surface area contributed by atoms with Gasteiger partial charge in [-0.25, -0.2) is 8.78 Å². The summed E-state index contributed by atoms with van der Waals surface area (Å²) in [5, 5.41) is 2.75. The number of morpholine rings is 1. The van der Waals surface area contributed by atoms with Gasteiger partial charge in [0.1, 0.15) is 11.6 Å². The molecule has 1 saturated heterocycles. The van der Waals surface area contributed by atoms with Gasteiger partial charge in [-0.3, -0.25) is 9.59 Å². The van der Waals surface area contributed by atoms with Gasteiger partial charge < -0.3 is 15.0 Å². The molecule has 1 aliphatic carbocycles. The zero-order valence-corrected chi connectivity index (χ0v) is 16.7. The zero-order chi connectivity index (χ0) is 20.4. The number of ether oxygens (including phenoxy) is 1. The van der Waals surface area contributed by atoms with Crippen molar-refractivity contribution in [3.8, 4) is 0 Å². The molecule has 29 heavy (non-hydrogen) atoms. The largest absolute Gasteiger partial charge is 0.378 e. The average molecular weight is 420 g/mol. The molecule has 154 valence electrons. The van der Waals surface area contributed by atoms with E-state index in [1.165, 1.54) is 23.5 Å². The number of rotatable bonds is 4. The second-order valence-electron chi connectivity index (χ2n) is 7.36. The first kappa shape index (κ1) is 20.0. The third-order valence-electron chi connectivity index (χ3n) is 5.43. The van der Waals surface area contributed by atoms with Crippen LogP contribution in [0.3, 0.4) is 0 Å². The topological polar surface area (TPSA) is 58.6 Å². The summed E-state index contributed by atoms with van der Waals surface area (Å²) in [4.78, 5) is 28.9. The normalized spacial score (nSPS) is 19.0. The molecule has 1 atom stereocenters. The van der Waals surface area contributed by atoms with E-state index >= 15 is 0 Å². The minimum Gasteiger partial charge on any atom is -0.378 e. The lowest BCUT2D eigenvalue weighted by Gasteiger charge is -2.26. The molecule has 2 aromatic rings. The Morgan fingerprint density at radius 3 is 2.76 bits per heavy atom. The summed E-state index contributed by atoms with van der Waals surface area (Å²) >= 11 is 1.52. The maximum Gasteiger partial charge on any atom is 0.264 e. The molecule has 1 aromatic carbocycles. The molecule has 2 heterocycles. The van der Waals surface area contributed by atoms with Gasteiger partial charge in [0, 0.05) is 42.1 Å². The van der Waals surface area contributed by atoms with Crippen LogP contribution in [-0.4, -0.2) is 43.0 Å². The van der Waals surface area contributed by atoms with E-state index in [-0.39, 0.29) is 29.8 Å². The summed E-state index contributed by atoms with van der Waals surface area (Å²) < 4.78 is 32.0. The number of thiophene rings is 1. The van der Waals surface area contributed by atoms with Gasteiger partial charge in [-0.1, -0.05) is 6.07 Å². The van der Waals surface area contributed by atoms with Crippen LogP contribution in [0.15, 0.2) is 24.3 Å². The van der Waals surface area contributed by atoms with Crippen LogP contribution < -0.4 is 5.32 Å². The predicted octanol–water partition coefficient (Wildman–Crippen LogP) is 2.92. The Balaban J connectivity index is 1.37. The Labute approximate surface area is 171 Å². The molecule has 0 radical (unpaired) electrons. The highest BCUT2D eigenvalue weighted by Gasteiger charge is 2.29. The third-order valence-corrected chi connectivity index (χ3v) is 6.66. The van der Waals surface area contributed by atoms with Gasteiger partial charge in [0.05, 0.1) is 18.1 Å². The van der Waals surface area contributed by atoms with Crippen molar-refractivity contribution in [3.05, 3.63) is 56.8 Å². The van der Waals surface area contributed by atoms with Gasteiger partial charge in [-0.15, -0.1) is 11.3 Å². The minimum absolute atomic E-state index is 0.0265. The first-order valence-corrected chi connectivity index (χ1v) is 10.5. The molecule has 0 saturated carbocycles. The standard InChI is InChI=1S/C21H22F2N2O3S/c22-16-3-1-14(17(23)11-16)12-24-20(26)13-2-4-18-15(9-13)10-19(29-18)21(27)25-5-7-28-8-6-25/h1,3,10-11,13H,2,4-9,12H2,(H,24,26)/t13-/m1/s1. The number of fused-ring (bicyclic) bond motifs is 1. The van der Waals surface area contributed by atoms with Crippen molar-refractivity contribution in [2.45, 2.75) is 25.8 Å². The van der Waals surface area contributed by atoms with Gasteiger partial charge in [-0.05, 0) is 37.0 Å². The average Bonchev–Trinajstić information content (AvgIpc) is 3.16. The first-order chi connectivity index (χ1) is 14.0. The van der Waals surface area contributed by atoms with Crippen molar-refractivity contribution < 1.29 is 23.1 Å². The number of carbonyl (C=O) groups excluding carboxylic acids is 2. The Kier molecular flexibility index (Phi) is 5.91. The second kappa shape index (κ2) is 8.59. The Morgan fingerprint density at radius 2 is 2.00 bits per heavy atom. The van der Waals surface area contributed by atoms with Crippen LogP contribution in [0.25, 0.3) is 0 Å². The van der Waals surface area contributed by atoms with Crippen molar-refractivity contribution in [2.24, 2.45) is 5.92 Å². The molecule has 1 aromatic heterocycles. The van der Waals surface area contributed by atoms with Crippen molar-refractivity contribution in [1.82, 2.24) is 10.2 Å². The molecular formula is C21H22F2N2O3S. The second-order valence-corrected chi connectivity index (χ2v) is 8.49. The van der Waals surface area contributed by atoms with Gasteiger partial charge >= 0.3 is 0 Å². The van der Waals surface area contributed by atoms with Crippen LogP contribution >= 0.6 is 11.3 Å². The molecule has 2 amide bonds. The molecule has 0 bridgehead atoms. The molecule has 5 nitrogen and oxygen atoms in total. The van der Waals surface area contributed by atoms with Crippen LogP contribution in [0, 0.1) is 17.6 Å². The van der Waals surface area contributed by atoms with E-state index in [1.807, 2.05) is 11.0 Å². The summed E-state index contributed by atoms with van der Waals surface area (Å²) in [7, 11) is 0. The summed E-state index contributed by atoms with van der Waals surface area (Å²) in [6, 6.07) is 5.24.